The minimum atomic E-state index is -0.0247. The average molecular weight is 316 g/mol. The first kappa shape index (κ1) is 17.1. The number of rotatable bonds is 7. The third kappa shape index (κ3) is 4.84. The molecule has 0 aliphatic heterocycles. The molecule has 0 fully saturated rings. The van der Waals surface area contributed by atoms with Gasteiger partial charge < -0.3 is 14.5 Å². The Morgan fingerprint density at radius 1 is 1.30 bits per heavy atom. The van der Waals surface area contributed by atoms with E-state index in [1.54, 1.807) is 7.11 Å². The van der Waals surface area contributed by atoms with Gasteiger partial charge in [-0.05, 0) is 43.5 Å². The summed E-state index contributed by atoms with van der Waals surface area (Å²) in [6, 6.07) is 7.48. The van der Waals surface area contributed by atoms with Gasteiger partial charge in [0.05, 0.1) is 19.2 Å². The smallest absolute Gasteiger partial charge is 0.226 e. The standard InChI is InChI=1S/C18H24N2O3/c1-12(2)9-10-19-17(21)11-16-13(3)23-18(20-16)14-5-7-15(22-4)8-6-14/h5-8,12H,9-11H2,1-4H3,(H,19,21). The Balaban J connectivity index is 2.01. The van der Waals surface area contributed by atoms with Crippen LogP contribution in [0.2, 0.25) is 0 Å². The minimum absolute atomic E-state index is 0.0247. The van der Waals surface area contributed by atoms with Gasteiger partial charge in [0, 0.05) is 12.1 Å². The number of nitrogens with one attached hydrogen (secondary N) is 1. The largest absolute Gasteiger partial charge is 0.497 e. The van der Waals surface area contributed by atoms with Gasteiger partial charge in [-0.1, -0.05) is 13.8 Å². The zero-order valence-corrected chi connectivity index (χ0v) is 14.2. The summed E-state index contributed by atoms with van der Waals surface area (Å²) in [7, 11) is 1.63. The Bertz CT molecular complexity index is 645. The summed E-state index contributed by atoms with van der Waals surface area (Å²) in [6.45, 7) is 6.79. The summed E-state index contributed by atoms with van der Waals surface area (Å²) in [5, 5.41) is 2.92. The zero-order valence-electron chi connectivity index (χ0n) is 14.2. The van der Waals surface area contributed by atoms with Gasteiger partial charge in [-0.3, -0.25) is 4.79 Å². The van der Waals surface area contributed by atoms with Crippen molar-refractivity contribution >= 4 is 5.91 Å². The Hall–Kier alpha value is -2.30. The monoisotopic (exact) mass is 316 g/mol. The maximum atomic E-state index is 12.0. The van der Waals surface area contributed by atoms with Gasteiger partial charge in [0.25, 0.3) is 0 Å². The van der Waals surface area contributed by atoms with E-state index in [9.17, 15) is 4.79 Å². The molecule has 1 amide bonds. The van der Waals surface area contributed by atoms with E-state index < -0.39 is 0 Å². The topological polar surface area (TPSA) is 64.4 Å². The van der Waals surface area contributed by atoms with Crippen LogP contribution in [0.1, 0.15) is 31.7 Å². The number of carbonyl (C=O) groups excluding carboxylic acids is 1. The highest BCUT2D eigenvalue weighted by Crippen LogP contribution is 2.24. The van der Waals surface area contributed by atoms with E-state index in [1.165, 1.54) is 0 Å². The molecule has 0 aliphatic carbocycles. The molecule has 5 nitrogen and oxygen atoms in total. The van der Waals surface area contributed by atoms with Crippen LogP contribution in [0.5, 0.6) is 5.75 Å². The second kappa shape index (κ2) is 7.81. The molecule has 2 aromatic rings. The third-order valence-electron chi connectivity index (χ3n) is 3.60. The lowest BCUT2D eigenvalue weighted by Crippen LogP contribution is -2.27. The molecule has 0 aliphatic rings. The Morgan fingerprint density at radius 3 is 2.61 bits per heavy atom. The normalized spacial score (nSPS) is 10.8. The van der Waals surface area contributed by atoms with Crippen LogP contribution in [0.4, 0.5) is 0 Å². The molecule has 1 heterocycles. The molecule has 1 aromatic carbocycles. The molecule has 0 saturated heterocycles. The van der Waals surface area contributed by atoms with Crippen molar-refractivity contribution in [1.29, 1.82) is 0 Å². The van der Waals surface area contributed by atoms with Crippen LogP contribution in [-0.4, -0.2) is 24.5 Å². The Morgan fingerprint density at radius 2 is 2.00 bits per heavy atom. The Kier molecular flexibility index (Phi) is 5.79. The van der Waals surface area contributed by atoms with Gasteiger partial charge in [0.2, 0.25) is 11.8 Å². The van der Waals surface area contributed by atoms with E-state index in [1.807, 2.05) is 31.2 Å². The third-order valence-corrected chi connectivity index (χ3v) is 3.60. The maximum Gasteiger partial charge on any atom is 0.226 e. The molecule has 0 atom stereocenters. The predicted octanol–water partition coefficient (Wildman–Crippen LogP) is 3.36. The fourth-order valence-corrected chi connectivity index (χ4v) is 2.16. The summed E-state index contributed by atoms with van der Waals surface area (Å²) in [5.41, 5.74) is 1.54. The number of hydrogen-bond acceptors (Lipinski definition) is 4. The second-order valence-electron chi connectivity index (χ2n) is 5.96. The number of amides is 1. The molecule has 124 valence electrons. The lowest BCUT2D eigenvalue weighted by atomic mass is 10.1. The average Bonchev–Trinajstić information content (AvgIpc) is 2.88. The summed E-state index contributed by atoms with van der Waals surface area (Å²) >= 11 is 0. The number of benzene rings is 1. The van der Waals surface area contributed by atoms with E-state index in [0.717, 1.165) is 17.7 Å². The quantitative estimate of drug-likeness (QED) is 0.850. The SMILES string of the molecule is COc1ccc(-c2nc(CC(=O)NCCC(C)C)c(C)o2)cc1. The van der Waals surface area contributed by atoms with Crippen LogP contribution in [0.25, 0.3) is 11.5 Å². The highest BCUT2D eigenvalue weighted by atomic mass is 16.5. The number of oxazole rings is 1. The molecule has 23 heavy (non-hydrogen) atoms. The molecule has 0 spiro atoms. The van der Waals surface area contributed by atoms with Crippen molar-refractivity contribution in [1.82, 2.24) is 10.3 Å². The van der Waals surface area contributed by atoms with Crippen LogP contribution in [0.15, 0.2) is 28.7 Å². The number of aromatic nitrogens is 1. The molecule has 1 N–H and O–H groups in total. The van der Waals surface area contributed by atoms with Crippen LogP contribution in [0, 0.1) is 12.8 Å². The maximum absolute atomic E-state index is 12.0. The first-order chi connectivity index (χ1) is 11.0. The van der Waals surface area contributed by atoms with E-state index >= 15 is 0 Å². The lowest BCUT2D eigenvalue weighted by Gasteiger charge is -2.06. The predicted molar refractivity (Wildman–Crippen MR) is 89.4 cm³/mol. The highest BCUT2D eigenvalue weighted by molar-refractivity contribution is 5.78. The summed E-state index contributed by atoms with van der Waals surface area (Å²) in [6.07, 6.45) is 1.21. The summed E-state index contributed by atoms with van der Waals surface area (Å²) in [5.74, 6) is 2.53. The number of carbonyl (C=O) groups is 1. The van der Waals surface area contributed by atoms with E-state index in [-0.39, 0.29) is 12.3 Å². The van der Waals surface area contributed by atoms with Gasteiger partial charge >= 0.3 is 0 Å². The van der Waals surface area contributed by atoms with Crippen molar-refractivity contribution in [3.8, 4) is 17.2 Å². The summed E-state index contributed by atoms with van der Waals surface area (Å²) < 4.78 is 10.8. The second-order valence-corrected chi connectivity index (χ2v) is 5.96. The number of ether oxygens (including phenoxy) is 1. The van der Waals surface area contributed by atoms with E-state index in [2.05, 4.69) is 24.1 Å². The number of hydrogen-bond donors (Lipinski definition) is 1. The van der Waals surface area contributed by atoms with Crippen molar-refractivity contribution in [3.05, 3.63) is 35.7 Å². The molecular formula is C18H24N2O3. The van der Waals surface area contributed by atoms with Crippen molar-refractivity contribution in [2.45, 2.75) is 33.6 Å². The molecule has 0 saturated carbocycles. The minimum Gasteiger partial charge on any atom is -0.497 e. The van der Waals surface area contributed by atoms with Gasteiger partial charge in [-0.2, -0.15) is 0 Å². The molecule has 0 bridgehead atoms. The van der Waals surface area contributed by atoms with Crippen molar-refractivity contribution in [2.24, 2.45) is 5.92 Å². The number of aryl methyl sites for hydroxylation is 1. The fourth-order valence-electron chi connectivity index (χ4n) is 2.16. The molecule has 2 rings (SSSR count). The molecule has 1 aromatic heterocycles. The first-order valence-corrected chi connectivity index (χ1v) is 7.87. The van der Waals surface area contributed by atoms with Gasteiger partial charge in [0.15, 0.2) is 0 Å². The van der Waals surface area contributed by atoms with Gasteiger partial charge in [0.1, 0.15) is 11.5 Å². The Labute approximate surface area is 137 Å². The first-order valence-electron chi connectivity index (χ1n) is 7.87. The van der Waals surface area contributed by atoms with Crippen LogP contribution in [0.3, 0.4) is 0 Å². The van der Waals surface area contributed by atoms with E-state index in [4.69, 9.17) is 9.15 Å². The summed E-state index contributed by atoms with van der Waals surface area (Å²) in [4.78, 5) is 16.4. The molecule has 0 radical (unpaired) electrons. The fraction of sp³-hybridized carbons (Fsp3) is 0.444. The lowest BCUT2D eigenvalue weighted by molar-refractivity contribution is -0.120. The van der Waals surface area contributed by atoms with Crippen LogP contribution >= 0.6 is 0 Å². The number of methoxy groups -OCH3 is 1. The van der Waals surface area contributed by atoms with E-state index in [0.29, 0.717) is 29.8 Å². The van der Waals surface area contributed by atoms with Crippen molar-refractivity contribution in [3.63, 3.8) is 0 Å². The van der Waals surface area contributed by atoms with Gasteiger partial charge in [-0.15, -0.1) is 0 Å². The van der Waals surface area contributed by atoms with Crippen molar-refractivity contribution < 1.29 is 13.9 Å². The zero-order chi connectivity index (χ0) is 16.8. The van der Waals surface area contributed by atoms with Crippen LogP contribution < -0.4 is 10.1 Å². The highest BCUT2D eigenvalue weighted by Gasteiger charge is 2.14. The number of nitrogens with zero attached hydrogens (tertiary/aromatic N) is 1. The van der Waals surface area contributed by atoms with Gasteiger partial charge in [-0.25, -0.2) is 4.98 Å². The molecular weight excluding hydrogens is 292 g/mol. The van der Waals surface area contributed by atoms with Crippen molar-refractivity contribution in [2.75, 3.05) is 13.7 Å². The van der Waals surface area contributed by atoms with Crippen LogP contribution in [-0.2, 0) is 11.2 Å². The molecule has 0 unspecified atom stereocenters. The molecule has 5 heteroatoms.